The predicted molar refractivity (Wildman–Crippen MR) is 30.8 cm³/mol. The van der Waals surface area contributed by atoms with E-state index >= 15 is 0 Å². The Labute approximate surface area is 53.5 Å². The van der Waals surface area contributed by atoms with E-state index in [9.17, 15) is 0 Å². The van der Waals surface area contributed by atoms with E-state index in [0.29, 0.717) is 6.42 Å². The molecule has 0 saturated heterocycles. The summed E-state index contributed by atoms with van der Waals surface area (Å²) in [6, 6.07) is 0. The van der Waals surface area contributed by atoms with Gasteiger partial charge in [-0.05, 0) is 6.42 Å². The SMILES string of the molecule is O=[P+](O)O.OCCCO. The standard InChI is InChI=1S/C3H8O2.HO3P/c4-2-1-3-5;1-4(2)3/h4-5H,1-3H2;(H-,1,2,3)/p+1. The van der Waals surface area contributed by atoms with Gasteiger partial charge in [0.05, 0.1) is 0 Å². The van der Waals surface area contributed by atoms with E-state index in [1.807, 2.05) is 0 Å². The first-order valence-electron chi connectivity index (χ1n) is 2.22. The Morgan fingerprint density at radius 1 is 1.11 bits per heavy atom. The van der Waals surface area contributed by atoms with Crippen LogP contribution in [-0.4, -0.2) is 33.2 Å². The molecule has 0 aliphatic heterocycles. The lowest BCUT2D eigenvalue weighted by atomic mass is 10.5. The van der Waals surface area contributed by atoms with Crippen LogP contribution in [0.4, 0.5) is 0 Å². The highest BCUT2D eigenvalue weighted by Crippen LogP contribution is 1.98. The summed E-state index contributed by atoms with van der Waals surface area (Å²) in [6.45, 7) is 0.188. The van der Waals surface area contributed by atoms with Gasteiger partial charge in [-0.15, -0.1) is 9.79 Å². The maximum absolute atomic E-state index is 8.70. The monoisotopic (exact) mass is 157 g/mol. The molecule has 0 radical (unpaired) electrons. The second kappa shape index (κ2) is 10.8. The fourth-order valence-electron chi connectivity index (χ4n) is 0.0707. The molecule has 4 N–H and O–H groups in total. The molecule has 0 aromatic rings. The molecule has 56 valence electrons. The van der Waals surface area contributed by atoms with E-state index in [4.69, 9.17) is 24.6 Å². The normalized spacial score (nSPS) is 7.56. The molecule has 0 amide bonds. The topological polar surface area (TPSA) is 98.0 Å². The molecule has 9 heavy (non-hydrogen) atoms. The molecule has 0 aromatic heterocycles. The smallest absolute Gasteiger partial charge is 0.396 e. The van der Waals surface area contributed by atoms with Crippen LogP contribution >= 0.6 is 8.25 Å². The van der Waals surface area contributed by atoms with E-state index in [2.05, 4.69) is 0 Å². The highest BCUT2D eigenvalue weighted by molar-refractivity contribution is 7.30. The first-order chi connectivity index (χ1) is 4.15. The molecule has 0 aromatic carbocycles. The summed E-state index contributed by atoms with van der Waals surface area (Å²) in [7, 11) is -2.87. The highest BCUT2D eigenvalue weighted by atomic mass is 31.1. The molecule has 0 heterocycles. The molecule has 6 heteroatoms. The third kappa shape index (κ3) is 74.4. The minimum Gasteiger partial charge on any atom is -0.396 e. The zero-order valence-electron chi connectivity index (χ0n) is 4.77. The van der Waals surface area contributed by atoms with Crippen LogP contribution in [0.15, 0.2) is 0 Å². The van der Waals surface area contributed by atoms with Crippen LogP contribution in [0, 0.1) is 0 Å². The molecule has 0 saturated carbocycles. The van der Waals surface area contributed by atoms with Crippen molar-refractivity contribution in [2.75, 3.05) is 13.2 Å². The van der Waals surface area contributed by atoms with Crippen LogP contribution in [0.3, 0.4) is 0 Å². The van der Waals surface area contributed by atoms with Crippen LogP contribution in [0.25, 0.3) is 0 Å². The average Bonchev–Trinajstić information content (AvgIpc) is 1.66. The number of aliphatic hydroxyl groups excluding tert-OH is 2. The summed E-state index contributed by atoms with van der Waals surface area (Å²) in [5, 5.41) is 15.8. The molecule has 0 aliphatic rings. The number of hydrogen-bond donors (Lipinski definition) is 4. The van der Waals surface area contributed by atoms with Crippen LogP contribution in [0.5, 0.6) is 0 Å². The van der Waals surface area contributed by atoms with Gasteiger partial charge in [-0.2, -0.15) is 0 Å². The molecular weight excluding hydrogens is 147 g/mol. The average molecular weight is 157 g/mol. The zero-order valence-corrected chi connectivity index (χ0v) is 5.66. The van der Waals surface area contributed by atoms with E-state index in [0.717, 1.165) is 0 Å². The van der Waals surface area contributed by atoms with E-state index in [-0.39, 0.29) is 13.2 Å². The van der Waals surface area contributed by atoms with E-state index < -0.39 is 8.25 Å². The van der Waals surface area contributed by atoms with Gasteiger partial charge in [-0.3, -0.25) is 0 Å². The van der Waals surface area contributed by atoms with Crippen LogP contribution < -0.4 is 0 Å². The van der Waals surface area contributed by atoms with Gasteiger partial charge in [0, 0.05) is 17.8 Å². The van der Waals surface area contributed by atoms with E-state index in [1.54, 1.807) is 0 Å². The minimum atomic E-state index is -2.87. The van der Waals surface area contributed by atoms with Crippen LogP contribution in [0.1, 0.15) is 6.42 Å². The lowest BCUT2D eigenvalue weighted by Crippen LogP contribution is -1.85. The van der Waals surface area contributed by atoms with Gasteiger partial charge >= 0.3 is 8.25 Å². The molecule has 0 aliphatic carbocycles. The predicted octanol–water partition coefficient (Wildman–Crippen LogP) is -1.01. The second-order valence-electron chi connectivity index (χ2n) is 1.05. The largest absolute Gasteiger partial charge is 0.692 e. The Morgan fingerprint density at radius 3 is 1.33 bits per heavy atom. The van der Waals surface area contributed by atoms with Crippen molar-refractivity contribution in [3.05, 3.63) is 0 Å². The number of hydrogen-bond acceptors (Lipinski definition) is 3. The Bertz CT molecular complexity index is 59.2. The van der Waals surface area contributed by atoms with Crippen LogP contribution in [-0.2, 0) is 4.57 Å². The van der Waals surface area contributed by atoms with Crippen molar-refractivity contribution in [1.82, 2.24) is 0 Å². The van der Waals surface area contributed by atoms with Crippen LogP contribution in [0.2, 0.25) is 0 Å². The molecule has 0 atom stereocenters. The Morgan fingerprint density at radius 2 is 1.33 bits per heavy atom. The molecule has 0 rings (SSSR count). The van der Waals surface area contributed by atoms with Crippen molar-refractivity contribution < 1.29 is 24.6 Å². The van der Waals surface area contributed by atoms with Crippen molar-refractivity contribution in [3.8, 4) is 0 Å². The van der Waals surface area contributed by atoms with Crippen molar-refractivity contribution in [2.45, 2.75) is 6.42 Å². The number of rotatable bonds is 2. The van der Waals surface area contributed by atoms with Gasteiger partial charge in [-0.25, -0.2) is 0 Å². The van der Waals surface area contributed by atoms with Gasteiger partial charge in [0.15, 0.2) is 0 Å². The third-order valence-electron chi connectivity index (χ3n) is 0.316. The van der Waals surface area contributed by atoms with Crippen molar-refractivity contribution in [3.63, 3.8) is 0 Å². The molecule has 0 fully saturated rings. The van der Waals surface area contributed by atoms with Crippen molar-refractivity contribution in [1.29, 1.82) is 0 Å². The minimum absolute atomic E-state index is 0.0938. The third-order valence-corrected chi connectivity index (χ3v) is 0.316. The maximum atomic E-state index is 8.70. The zero-order chi connectivity index (χ0) is 7.70. The number of aliphatic hydroxyl groups is 2. The van der Waals surface area contributed by atoms with Crippen molar-refractivity contribution >= 4 is 8.25 Å². The lowest BCUT2D eigenvalue weighted by molar-refractivity contribution is 0.221. The summed E-state index contributed by atoms with van der Waals surface area (Å²) >= 11 is 0. The fraction of sp³-hybridized carbons (Fsp3) is 1.00. The van der Waals surface area contributed by atoms with Gasteiger partial charge in [0.2, 0.25) is 0 Å². The molecule has 0 unspecified atom stereocenters. The van der Waals surface area contributed by atoms with Gasteiger partial charge in [0.25, 0.3) is 0 Å². The summed E-state index contributed by atoms with van der Waals surface area (Å²) < 4.78 is 8.70. The summed E-state index contributed by atoms with van der Waals surface area (Å²) in [5.41, 5.74) is 0. The summed E-state index contributed by atoms with van der Waals surface area (Å²) in [6.07, 6.45) is 0.500. The van der Waals surface area contributed by atoms with Gasteiger partial charge in [0.1, 0.15) is 0 Å². The quantitative estimate of drug-likeness (QED) is 0.385. The summed E-state index contributed by atoms with van der Waals surface area (Å²) in [4.78, 5) is 14.2. The Balaban J connectivity index is 0. The lowest BCUT2D eigenvalue weighted by Gasteiger charge is -1.79. The first kappa shape index (κ1) is 11.7. The first-order valence-corrected chi connectivity index (χ1v) is 3.38. The Kier molecular flexibility index (Phi) is 14.1. The molecule has 5 nitrogen and oxygen atoms in total. The molecule has 0 bridgehead atoms. The summed E-state index contributed by atoms with van der Waals surface area (Å²) in [5.74, 6) is 0. The van der Waals surface area contributed by atoms with Crippen molar-refractivity contribution in [2.24, 2.45) is 0 Å². The fourth-order valence-corrected chi connectivity index (χ4v) is 0.0707. The molecule has 0 spiro atoms. The van der Waals surface area contributed by atoms with Gasteiger partial charge in [-0.1, -0.05) is 0 Å². The van der Waals surface area contributed by atoms with Gasteiger partial charge < -0.3 is 10.2 Å². The second-order valence-corrected chi connectivity index (χ2v) is 1.56. The van der Waals surface area contributed by atoms with E-state index in [1.165, 1.54) is 0 Å². The highest BCUT2D eigenvalue weighted by Gasteiger charge is 1.93. The maximum Gasteiger partial charge on any atom is 0.692 e. The Hall–Kier alpha value is -0.0600. The molecular formula is C3H10O5P+.